The van der Waals surface area contributed by atoms with Crippen molar-refractivity contribution >= 4 is 11.7 Å². The van der Waals surface area contributed by atoms with Crippen LogP contribution in [0.4, 0.5) is 23.2 Å². The van der Waals surface area contributed by atoms with E-state index in [4.69, 9.17) is 4.74 Å². The minimum Gasteiger partial charge on any atom is -0.465 e. The average molecular weight is 389 g/mol. The molecule has 0 saturated carbocycles. The van der Waals surface area contributed by atoms with E-state index in [0.29, 0.717) is 0 Å². The Morgan fingerprint density at radius 2 is 1.63 bits per heavy atom. The van der Waals surface area contributed by atoms with Crippen LogP contribution in [0.1, 0.15) is 10.4 Å². The van der Waals surface area contributed by atoms with Gasteiger partial charge in [-0.05, 0) is 30.3 Å². The average Bonchev–Trinajstić information content (AvgIpc) is 2.62. The number of hydrogen-bond donors (Lipinski definition) is 0. The van der Waals surface area contributed by atoms with Gasteiger partial charge in [0.15, 0.2) is 0 Å². The first-order chi connectivity index (χ1) is 12.6. The minimum atomic E-state index is -4.64. The zero-order valence-electron chi connectivity index (χ0n) is 13.5. The largest absolute Gasteiger partial charge is 0.465 e. The number of nitro benzene ring substituents is 1. The summed E-state index contributed by atoms with van der Waals surface area (Å²) in [5.41, 5.74) is -0.844. The normalized spacial score (nSPS) is 11.2. The Morgan fingerprint density at radius 1 is 1.07 bits per heavy atom. The predicted molar refractivity (Wildman–Crippen MR) is 82.5 cm³/mol. The number of alkyl halides is 4. The zero-order valence-corrected chi connectivity index (χ0v) is 13.5. The monoisotopic (exact) mass is 389 g/mol. The molecule has 0 aliphatic carbocycles. The van der Waals surface area contributed by atoms with Crippen molar-refractivity contribution in [1.29, 1.82) is 0 Å². The van der Waals surface area contributed by atoms with Crippen molar-refractivity contribution in [3.05, 3.63) is 58.1 Å². The Balaban J connectivity index is 2.20. The van der Waals surface area contributed by atoms with Crippen molar-refractivity contribution in [3.8, 4) is 17.2 Å². The van der Waals surface area contributed by atoms with Crippen molar-refractivity contribution in [2.45, 2.75) is 12.5 Å². The highest BCUT2D eigenvalue weighted by atomic mass is 19.3. The Kier molecular flexibility index (Phi) is 5.83. The molecule has 0 radical (unpaired) electrons. The lowest BCUT2D eigenvalue weighted by Crippen LogP contribution is -2.33. The molecule has 0 amide bonds. The first-order valence-electron chi connectivity index (χ1n) is 7.13. The number of nitro groups is 1. The molecular formula is C16H11F4NO6. The number of hydrogen-bond acceptors (Lipinski definition) is 6. The molecule has 2 aromatic carbocycles. The van der Waals surface area contributed by atoms with Crippen LogP contribution in [0.2, 0.25) is 0 Å². The number of methoxy groups -OCH3 is 1. The fourth-order valence-corrected chi connectivity index (χ4v) is 1.92. The molecule has 0 fully saturated rings. The third-order valence-corrected chi connectivity index (χ3v) is 3.14. The summed E-state index contributed by atoms with van der Waals surface area (Å²) in [4.78, 5) is 21.8. The van der Waals surface area contributed by atoms with Gasteiger partial charge in [-0.2, -0.15) is 17.6 Å². The van der Waals surface area contributed by atoms with E-state index >= 15 is 0 Å². The molecule has 0 heterocycles. The van der Waals surface area contributed by atoms with Gasteiger partial charge in [0.25, 0.3) is 5.69 Å². The molecule has 144 valence electrons. The summed E-state index contributed by atoms with van der Waals surface area (Å²) >= 11 is 0. The zero-order chi connectivity index (χ0) is 20.2. The molecule has 0 N–H and O–H groups in total. The van der Waals surface area contributed by atoms with Crippen LogP contribution in [0.25, 0.3) is 0 Å². The van der Waals surface area contributed by atoms with Gasteiger partial charge in [0.1, 0.15) is 22.8 Å². The minimum absolute atomic E-state index is 0.0209. The molecule has 2 aromatic rings. The van der Waals surface area contributed by atoms with E-state index in [9.17, 15) is 32.5 Å². The molecular weight excluding hydrogens is 378 g/mol. The van der Waals surface area contributed by atoms with Gasteiger partial charge in [0.2, 0.25) is 0 Å². The van der Waals surface area contributed by atoms with E-state index in [1.807, 2.05) is 0 Å². The molecule has 0 aliphatic heterocycles. The number of carbonyl (C=O) groups is 1. The first-order valence-corrected chi connectivity index (χ1v) is 7.13. The van der Waals surface area contributed by atoms with Crippen LogP contribution in [-0.2, 0) is 4.74 Å². The van der Waals surface area contributed by atoms with Crippen molar-refractivity contribution in [2.75, 3.05) is 7.11 Å². The second kappa shape index (κ2) is 7.89. The number of rotatable bonds is 7. The van der Waals surface area contributed by atoms with Crippen LogP contribution in [-0.4, -0.2) is 30.5 Å². The topological polar surface area (TPSA) is 87.9 Å². The van der Waals surface area contributed by atoms with Crippen molar-refractivity contribution in [1.82, 2.24) is 0 Å². The van der Waals surface area contributed by atoms with Gasteiger partial charge in [-0.1, -0.05) is 0 Å². The van der Waals surface area contributed by atoms with E-state index in [0.717, 1.165) is 43.5 Å². The smallest absolute Gasteiger partial charge is 0.461 e. The second-order valence-corrected chi connectivity index (χ2v) is 4.97. The van der Waals surface area contributed by atoms with E-state index in [2.05, 4.69) is 9.47 Å². The van der Waals surface area contributed by atoms with Crippen LogP contribution in [0.5, 0.6) is 17.2 Å². The van der Waals surface area contributed by atoms with Crippen LogP contribution in [0.3, 0.4) is 0 Å². The maximum Gasteiger partial charge on any atom is 0.461 e. The third kappa shape index (κ3) is 4.84. The van der Waals surface area contributed by atoms with Gasteiger partial charge >= 0.3 is 18.5 Å². The number of halogens is 4. The highest BCUT2D eigenvalue weighted by molar-refractivity contribution is 5.94. The number of esters is 1. The van der Waals surface area contributed by atoms with Crippen molar-refractivity contribution < 1.29 is 41.5 Å². The lowest BCUT2D eigenvalue weighted by molar-refractivity contribution is -0.385. The van der Waals surface area contributed by atoms with Crippen LogP contribution < -0.4 is 9.47 Å². The maximum atomic E-state index is 12.8. The van der Waals surface area contributed by atoms with Gasteiger partial charge in [-0.25, -0.2) is 4.79 Å². The van der Waals surface area contributed by atoms with Gasteiger partial charge in [-0.3, -0.25) is 10.1 Å². The Hall–Kier alpha value is -3.37. The maximum absolute atomic E-state index is 12.8. The summed E-state index contributed by atoms with van der Waals surface area (Å²) < 4.78 is 63.6. The van der Waals surface area contributed by atoms with E-state index < -0.39 is 34.9 Å². The number of benzene rings is 2. The molecule has 2 rings (SSSR count). The first kappa shape index (κ1) is 19.9. The number of ether oxygens (including phenoxy) is 3. The third-order valence-electron chi connectivity index (χ3n) is 3.14. The molecule has 27 heavy (non-hydrogen) atoms. The summed E-state index contributed by atoms with van der Waals surface area (Å²) in [5, 5.41) is 10.9. The highest BCUT2D eigenvalue weighted by Crippen LogP contribution is 2.31. The van der Waals surface area contributed by atoms with Crippen LogP contribution in [0, 0.1) is 10.1 Å². The van der Waals surface area contributed by atoms with E-state index in [1.54, 1.807) is 0 Å². The molecule has 0 unspecified atom stereocenters. The summed E-state index contributed by atoms with van der Waals surface area (Å²) in [6.45, 7) is 0. The molecule has 0 saturated heterocycles. The molecule has 11 heteroatoms. The fraction of sp³-hybridized carbons (Fsp3) is 0.188. The summed E-state index contributed by atoms with van der Waals surface area (Å²) in [6, 6.07) is 7.55. The molecule has 0 bridgehead atoms. The van der Waals surface area contributed by atoms with Gasteiger partial charge in [0.05, 0.1) is 12.0 Å². The lowest BCUT2D eigenvalue weighted by Gasteiger charge is -2.16. The van der Waals surface area contributed by atoms with Crippen molar-refractivity contribution in [3.63, 3.8) is 0 Å². The second-order valence-electron chi connectivity index (χ2n) is 4.97. The Morgan fingerprint density at radius 3 is 2.15 bits per heavy atom. The fourth-order valence-electron chi connectivity index (χ4n) is 1.92. The molecule has 0 atom stereocenters. The lowest BCUT2D eigenvalue weighted by atomic mass is 10.1. The molecule has 0 aromatic heterocycles. The van der Waals surface area contributed by atoms with E-state index in [-0.39, 0.29) is 17.1 Å². The van der Waals surface area contributed by atoms with Gasteiger partial charge < -0.3 is 14.2 Å². The quantitative estimate of drug-likeness (QED) is 0.302. The molecule has 0 aliphatic rings. The summed E-state index contributed by atoms with van der Waals surface area (Å²) in [6.07, 6.45) is -8.64. The molecule has 0 spiro atoms. The standard InChI is InChI=1S/C16H11F4NO6/c1-25-14(22)12-8-11(6-7-13(12)21(23)24)26-9-2-4-10(5-3-9)27-16(19,20)15(17)18/h2-8,15H,1H3. The molecule has 7 nitrogen and oxygen atoms in total. The predicted octanol–water partition coefficient (Wildman–Crippen LogP) is 4.41. The van der Waals surface area contributed by atoms with Gasteiger partial charge in [-0.15, -0.1) is 0 Å². The van der Waals surface area contributed by atoms with Crippen molar-refractivity contribution in [2.24, 2.45) is 0 Å². The Labute approximate surface area is 149 Å². The summed E-state index contributed by atoms with van der Waals surface area (Å²) in [7, 11) is 1.05. The van der Waals surface area contributed by atoms with Crippen LogP contribution >= 0.6 is 0 Å². The SMILES string of the molecule is COC(=O)c1cc(Oc2ccc(OC(F)(F)C(F)F)cc2)ccc1[N+](=O)[O-]. The highest BCUT2D eigenvalue weighted by Gasteiger charge is 2.43. The Bertz CT molecular complexity index is 841. The summed E-state index contributed by atoms with van der Waals surface area (Å²) in [5.74, 6) is -1.38. The number of nitrogens with zero attached hydrogens (tertiary/aromatic N) is 1. The number of carbonyl (C=O) groups excluding carboxylic acids is 1. The van der Waals surface area contributed by atoms with Crippen LogP contribution in [0.15, 0.2) is 42.5 Å². The van der Waals surface area contributed by atoms with Gasteiger partial charge in [0, 0.05) is 12.1 Å². The van der Waals surface area contributed by atoms with E-state index in [1.165, 1.54) is 6.07 Å².